The van der Waals surface area contributed by atoms with Crippen LogP contribution in [0.25, 0.3) is 0 Å². The molecule has 1 rings (SSSR count). The number of ether oxygens (including phenoxy) is 1. The highest BCUT2D eigenvalue weighted by Crippen LogP contribution is 2.30. The van der Waals surface area contributed by atoms with Crippen LogP contribution in [-0.2, 0) is 20.5 Å². The van der Waals surface area contributed by atoms with E-state index in [1.54, 1.807) is 0 Å². The zero-order valence-electron chi connectivity index (χ0n) is 13.6. The van der Waals surface area contributed by atoms with Crippen LogP contribution in [0, 0.1) is 5.92 Å². The smallest absolute Gasteiger partial charge is 0.416 e. The van der Waals surface area contributed by atoms with Crippen molar-refractivity contribution in [3.05, 3.63) is 35.4 Å². The molecule has 0 saturated heterocycles. The van der Waals surface area contributed by atoms with E-state index in [1.807, 2.05) is 13.8 Å². The number of carbonyl (C=O) groups is 2. The monoisotopic (exact) mass is 347 g/mol. The van der Waals surface area contributed by atoms with Gasteiger partial charge in [-0.2, -0.15) is 13.2 Å². The van der Waals surface area contributed by atoms with Crippen LogP contribution in [0.3, 0.4) is 0 Å². The minimum absolute atomic E-state index is 0.00587. The first-order valence-electron chi connectivity index (χ1n) is 7.29. The summed E-state index contributed by atoms with van der Waals surface area (Å²) >= 11 is 0. The maximum atomic E-state index is 12.5. The van der Waals surface area contributed by atoms with Crippen LogP contribution >= 0.6 is 0 Å². The van der Waals surface area contributed by atoms with Crippen LogP contribution in [0.4, 0.5) is 13.2 Å². The highest BCUT2D eigenvalue weighted by Gasteiger charge is 2.31. The summed E-state index contributed by atoms with van der Waals surface area (Å²) in [6.07, 6.45) is -5.89. The third kappa shape index (κ3) is 5.52. The second kappa shape index (κ2) is 8.14. The number of amides is 1. The van der Waals surface area contributed by atoms with Crippen LogP contribution in [-0.4, -0.2) is 30.1 Å². The third-order valence-corrected chi connectivity index (χ3v) is 3.31. The lowest BCUT2D eigenvalue weighted by Crippen LogP contribution is -2.44. The van der Waals surface area contributed by atoms with Gasteiger partial charge in [-0.05, 0) is 30.0 Å². The Morgan fingerprint density at radius 2 is 1.75 bits per heavy atom. The zero-order valence-corrected chi connectivity index (χ0v) is 13.6. The van der Waals surface area contributed by atoms with E-state index in [-0.39, 0.29) is 11.5 Å². The van der Waals surface area contributed by atoms with E-state index in [0.717, 1.165) is 24.3 Å². The Morgan fingerprint density at radius 3 is 2.17 bits per heavy atom. The fourth-order valence-electron chi connectivity index (χ4n) is 2.08. The summed E-state index contributed by atoms with van der Waals surface area (Å²) in [4.78, 5) is 23.7. The van der Waals surface area contributed by atoms with Gasteiger partial charge in [-0.25, -0.2) is 4.79 Å². The van der Waals surface area contributed by atoms with E-state index in [2.05, 4.69) is 10.1 Å². The Bertz CT molecular complexity index is 570. The number of carbonyl (C=O) groups excluding carboxylic acids is 2. The average molecular weight is 347 g/mol. The van der Waals surface area contributed by atoms with Crippen LogP contribution in [0.1, 0.15) is 37.5 Å². The number of rotatable bonds is 6. The first-order valence-corrected chi connectivity index (χ1v) is 7.29. The molecule has 0 aliphatic rings. The molecule has 0 aliphatic carbocycles. The molecule has 0 radical (unpaired) electrons. The molecule has 0 aliphatic heterocycles. The fraction of sp³-hybridized carbons (Fsp3) is 0.500. The number of hydrogen-bond acceptors (Lipinski definition) is 4. The highest BCUT2D eigenvalue weighted by molar-refractivity contribution is 5.87. The van der Waals surface area contributed by atoms with Crippen LogP contribution < -0.4 is 5.32 Å². The van der Waals surface area contributed by atoms with Gasteiger partial charge in [0.1, 0.15) is 6.04 Å². The first-order chi connectivity index (χ1) is 11.1. The molecule has 0 bridgehead atoms. The number of halogens is 3. The summed E-state index contributed by atoms with van der Waals surface area (Å²) in [5.74, 6) is -1.46. The lowest BCUT2D eigenvalue weighted by molar-refractivity contribution is -0.146. The number of esters is 1. The minimum Gasteiger partial charge on any atom is -0.467 e. The number of aliphatic hydroxyl groups is 1. The van der Waals surface area contributed by atoms with Crippen molar-refractivity contribution in [2.24, 2.45) is 5.92 Å². The molecule has 8 heteroatoms. The molecule has 0 spiro atoms. The van der Waals surface area contributed by atoms with Gasteiger partial charge in [-0.1, -0.05) is 26.0 Å². The van der Waals surface area contributed by atoms with Gasteiger partial charge < -0.3 is 15.2 Å². The number of hydrogen-bond donors (Lipinski definition) is 2. The highest BCUT2D eigenvalue weighted by atomic mass is 19.4. The van der Waals surface area contributed by atoms with Crippen molar-refractivity contribution in [3.63, 3.8) is 0 Å². The molecule has 0 saturated carbocycles. The largest absolute Gasteiger partial charge is 0.467 e. The van der Waals surface area contributed by atoms with Gasteiger partial charge in [0.25, 0.3) is 5.91 Å². The summed E-state index contributed by atoms with van der Waals surface area (Å²) in [5, 5.41) is 12.3. The molecule has 2 N–H and O–H groups in total. The maximum absolute atomic E-state index is 12.5. The topological polar surface area (TPSA) is 75.6 Å². The minimum atomic E-state index is -4.50. The lowest BCUT2D eigenvalue weighted by atomic mass is 10.0. The van der Waals surface area contributed by atoms with Crippen LogP contribution in [0.15, 0.2) is 24.3 Å². The molecule has 1 aromatic rings. The summed E-state index contributed by atoms with van der Waals surface area (Å²) in [6, 6.07) is 2.65. The average Bonchev–Trinajstić information content (AvgIpc) is 2.51. The quantitative estimate of drug-likeness (QED) is 0.775. The van der Waals surface area contributed by atoms with Gasteiger partial charge in [0.2, 0.25) is 0 Å². The molecule has 1 aromatic carbocycles. The third-order valence-electron chi connectivity index (χ3n) is 3.31. The lowest BCUT2D eigenvalue weighted by Gasteiger charge is -2.20. The van der Waals surface area contributed by atoms with E-state index >= 15 is 0 Å². The first kappa shape index (κ1) is 20.0. The van der Waals surface area contributed by atoms with E-state index in [4.69, 9.17) is 0 Å². The molecule has 0 aromatic heterocycles. The molecular formula is C16H20F3NO4. The molecular weight excluding hydrogens is 327 g/mol. The Morgan fingerprint density at radius 1 is 1.21 bits per heavy atom. The normalized spacial score (nSPS) is 14.2. The zero-order chi connectivity index (χ0) is 18.5. The van der Waals surface area contributed by atoms with Crippen LogP contribution in [0.5, 0.6) is 0 Å². The summed E-state index contributed by atoms with van der Waals surface area (Å²) < 4.78 is 42.1. The van der Waals surface area contributed by atoms with Gasteiger partial charge in [0.15, 0.2) is 6.10 Å². The molecule has 24 heavy (non-hydrogen) atoms. The Hall–Kier alpha value is -2.09. The molecule has 0 heterocycles. The number of benzene rings is 1. The van der Waals surface area contributed by atoms with Gasteiger partial charge in [-0.3, -0.25) is 4.79 Å². The number of nitrogens with one attached hydrogen (secondary N) is 1. The molecule has 2 atom stereocenters. The van der Waals surface area contributed by atoms with Crippen molar-refractivity contribution < 1.29 is 32.6 Å². The Balaban J connectivity index is 2.83. The van der Waals surface area contributed by atoms with Gasteiger partial charge >= 0.3 is 12.1 Å². The van der Waals surface area contributed by atoms with Crippen molar-refractivity contribution >= 4 is 11.9 Å². The van der Waals surface area contributed by atoms with Gasteiger partial charge in [0, 0.05) is 0 Å². The number of methoxy groups -OCH3 is 1. The Labute approximate surface area is 137 Å². The summed E-state index contributed by atoms with van der Waals surface area (Å²) in [5.41, 5.74) is -0.889. The number of alkyl halides is 3. The molecule has 0 unspecified atom stereocenters. The van der Waals surface area contributed by atoms with E-state index in [0.29, 0.717) is 6.42 Å². The second-order valence-electron chi connectivity index (χ2n) is 5.74. The van der Waals surface area contributed by atoms with Crippen molar-refractivity contribution in [1.29, 1.82) is 0 Å². The predicted molar refractivity (Wildman–Crippen MR) is 79.8 cm³/mol. The van der Waals surface area contributed by atoms with Gasteiger partial charge in [-0.15, -0.1) is 0 Å². The van der Waals surface area contributed by atoms with Crippen molar-refractivity contribution in [2.75, 3.05) is 7.11 Å². The second-order valence-corrected chi connectivity index (χ2v) is 5.74. The van der Waals surface area contributed by atoms with E-state index < -0.39 is 35.8 Å². The van der Waals surface area contributed by atoms with Crippen molar-refractivity contribution in [3.8, 4) is 0 Å². The fourth-order valence-corrected chi connectivity index (χ4v) is 2.08. The summed E-state index contributed by atoms with van der Waals surface area (Å²) in [7, 11) is 1.17. The van der Waals surface area contributed by atoms with Crippen LogP contribution in [0.2, 0.25) is 0 Å². The molecule has 1 amide bonds. The predicted octanol–water partition coefficient (Wildman–Crippen LogP) is 2.44. The van der Waals surface area contributed by atoms with E-state index in [1.165, 1.54) is 7.11 Å². The molecule has 134 valence electrons. The van der Waals surface area contributed by atoms with Crippen molar-refractivity contribution in [2.45, 2.75) is 38.6 Å². The maximum Gasteiger partial charge on any atom is 0.416 e. The molecule has 0 fully saturated rings. The molecule has 5 nitrogen and oxygen atoms in total. The van der Waals surface area contributed by atoms with E-state index in [9.17, 15) is 27.9 Å². The van der Waals surface area contributed by atoms with Crippen molar-refractivity contribution in [1.82, 2.24) is 5.32 Å². The summed E-state index contributed by atoms with van der Waals surface area (Å²) in [6.45, 7) is 3.68. The Kier molecular flexibility index (Phi) is 6.77. The van der Waals surface area contributed by atoms with Gasteiger partial charge in [0.05, 0.1) is 12.7 Å². The SMILES string of the molecule is COC(=O)[C@H](CC(C)C)NC(=O)[C@H](O)c1ccc(C(F)(F)F)cc1. The standard InChI is InChI=1S/C16H20F3NO4/c1-9(2)8-12(15(23)24-3)20-14(22)13(21)10-4-6-11(7-5-10)16(17,18)19/h4-7,9,12-13,21H,8H2,1-3H3,(H,20,22)/t12-,13+/m0/s1. The number of aliphatic hydroxyl groups excluding tert-OH is 1.